The summed E-state index contributed by atoms with van der Waals surface area (Å²) in [4.78, 5) is 31.7. The monoisotopic (exact) mass is 469 g/mol. The molecule has 2 rings (SSSR count). The van der Waals surface area contributed by atoms with E-state index in [1.165, 1.54) is 40.5 Å². The van der Waals surface area contributed by atoms with Gasteiger partial charge in [0.05, 0.1) is 10.8 Å². The molecule has 1 heterocycles. The van der Waals surface area contributed by atoms with Gasteiger partial charge in [0.25, 0.3) is 0 Å². The van der Waals surface area contributed by atoms with Gasteiger partial charge in [0.1, 0.15) is 11.7 Å². The zero-order valence-corrected chi connectivity index (χ0v) is 19.7. The van der Waals surface area contributed by atoms with Gasteiger partial charge in [-0.3, -0.25) is 14.3 Å². The fraction of sp³-hybridized carbons (Fsp3) is 0.476. The molecule has 0 fully saturated rings. The molecular weight excluding hydrogens is 441 g/mol. The van der Waals surface area contributed by atoms with Gasteiger partial charge in [-0.2, -0.15) is 0 Å². The summed E-state index contributed by atoms with van der Waals surface area (Å²) < 4.78 is 40.3. The van der Waals surface area contributed by atoms with Crippen molar-refractivity contribution in [2.24, 2.45) is 11.8 Å². The van der Waals surface area contributed by atoms with Crippen molar-refractivity contribution in [2.75, 3.05) is 10.7 Å². The number of nitrogens with one attached hydrogen (secondary N) is 1. The SMILES string of the molecule is CC(C)CC(C(=O)NS(=O)(=O)CCc1nccs1)C(=O)N(c1ccc(F)cc1)C(C)C. The number of sulfonamides is 1. The number of halogens is 1. The Bertz CT molecular complexity index is 975. The zero-order valence-electron chi connectivity index (χ0n) is 18.0. The number of aromatic nitrogens is 1. The molecule has 7 nitrogen and oxygen atoms in total. The number of hydrogen-bond acceptors (Lipinski definition) is 6. The van der Waals surface area contributed by atoms with Crippen LogP contribution in [0.3, 0.4) is 0 Å². The Hall–Kier alpha value is -2.33. The maximum atomic E-state index is 13.3. The molecule has 0 bridgehead atoms. The smallest absolute Gasteiger partial charge is 0.246 e. The minimum Gasteiger partial charge on any atom is -0.309 e. The van der Waals surface area contributed by atoms with E-state index in [0.717, 1.165) is 0 Å². The molecule has 0 saturated heterocycles. The number of benzene rings is 1. The molecule has 0 radical (unpaired) electrons. The highest BCUT2D eigenvalue weighted by molar-refractivity contribution is 7.90. The summed E-state index contributed by atoms with van der Waals surface area (Å²) in [6.07, 6.45) is 1.94. The van der Waals surface area contributed by atoms with Crippen LogP contribution in [0, 0.1) is 17.7 Å². The molecule has 0 aliphatic heterocycles. The third-order valence-corrected chi connectivity index (χ3v) is 6.60. The molecule has 0 aliphatic rings. The van der Waals surface area contributed by atoms with E-state index in [0.29, 0.717) is 10.7 Å². The van der Waals surface area contributed by atoms with Crippen LogP contribution in [-0.4, -0.2) is 37.0 Å². The average molecular weight is 470 g/mol. The second kappa shape index (κ2) is 10.8. The summed E-state index contributed by atoms with van der Waals surface area (Å²) in [5.41, 5.74) is 0.439. The summed E-state index contributed by atoms with van der Waals surface area (Å²) in [7, 11) is -3.94. The van der Waals surface area contributed by atoms with E-state index in [2.05, 4.69) is 9.71 Å². The van der Waals surface area contributed by atoms with Gasteiger partial charge in [-0.15, -0.1) is 11.3 Å². The van der Waals surface area contributed by atoms with E-state index in [1.807, 2.05) is 13.8 Å². The van der Waals surface area contributed by atoms with Crippen LogP contribution in [0.4, 0.5) is 10.1 Å². The Balaban J connectivity index is 2.22. The molecule has 0 spiro atoms. The average Bonchev–Trinajstić information content (AvgIpc) is 3.19. The Morgan fingerprint density at radius 2 is 1.81 bits per heavy atom. The molecule has 1 aromatic carbocycles. The number of anilines is 1. The first-order valence-electron chi connectivity index (χ1n) is 10.0. The van der Waals surface area contributed by atoms with Crippen molar-refractivity contribution in [1.82, 2.24) is 9.71 Å². The summed E-state index contributed by atoms with van der Waals surface area (Å²) in [6.45, 7) is 7.25. The second-order valence-corrected chi connectivity index (χ2v) is 10.7. The first-order chi connectivity index (χ1) is 14.5. The van der Waals surface area contributed by atoms with Gasteiger partial charge < -0.3 is 4.90 Å². The van der Waals surface area contributed by atoms with Crippen LogP contribution in [0.2, 0.25) is 0 Å². The molecule has 10 heteroatoms. The lowest BCUT2D eigenvalue weighted by molar-refractivity contribution is -0.133. The number of carbonyl (C=O) groups excluding carboxylic acids is 2. The summed E-state index contributed by atoms with van der Waals surface area (Å²) in [5.74, 6) is -3.35. The predicted molar refractivity (Wildman–Crippen MR) is 120 cm³/mol. The Morgan fingerprint density at radius 1 is 1.16 bits per heavy atom. The van der Waals surface area contributed by atoms with Crippen molar-refractivity contribution in [1.29, 1.82) is 0 Å². The third-order valence-electron chi connectivity index (χ3n) is 4.50. The molecule has 1 N–H and O–H groups in total. The number of carbonyl (C=O) groups is 2. The highest BCUT2D eigenvalue weighted by Gasteiger charge is 2.35. The van der Waals surface area contributed by atoms with E-state index in [9.17, 15) is 22.4 Å². The maximum absolute atomic E-state index is 13.3. The van der Waals surface area contributed by atoms with Crippen LogP contribution < -0.4 is 9.62 Å². The second-order valence-electron chi connectivity index (χ2n) is 7.92. The van der Waals surface area contributed by atoms with Gasteiger partial charge in [0.15, 0.2) is 0 Å². The highest BCUT2D eigenvalue weighted by Crippen LogP contribution is 2.24. The van der Waals surface area contributed by atoms with E-state index >= 15 is 0 Å². The highest BCUT2D eigenvalue weighted by atomic mass is 32.2. The van der Waals surface area contributed by atoms with Crippen LogP contribution in [0.25, 0.3) is 0 Å². The van der Waals surface area contributed by atoms with Crippen molar-refractivity contribution in [3.63, 3.8) is 0 Å². The normalized spacial score (nSPS) is 12.7. The van der Waals surface area contributed by atoms with Crippen LogP contribution in [0.5, 0.6) is 0 Å². The van der Waals surface area contributed by atoms with E-state index in [-0.39, 0.29) is 30.6 Å². The van der Waals surface area contributed by atoms with E-state index in [1.54, 1.807) is 25.4 Å². The number of rotatable bonds is 10. The van der Waals surface area contributed by atoms with Crippen molar-refractivity contribution in [3.05, 3.63) is 46.7 Å². The lowest BCUT2D eigenvalue weighted by atomic mass is 9.94. The minimum absolute atomic E-state index is 0.0278. The van der Waals surface area contributed by atoms with Crippen molar-refractivity contribution < 1.29 is 22.4 Å². The van der Waals surface area contributed by atoms with Gasteiger partial charge in [0, 0.05) is 29.7 Å². The molecule has 170 valence electrons. The standard InChI is InChI=1S/C21H28FN3O4S2/c1-14(2)13-18(20(26)24-31(28,29)12-9-19-23-10-11-30-19)21(27)25(15(3)4)17-7-5-16(22)6-8-17/h5-8,10-11,14-15,18H,9,12-13H2,1-4H3,(H,24,26). The zero-order chi connectivity index (χ0) is 23.2. The molecule has 0 aliphatic carbocycles. The van der Waals surface area contributed by atoms with Gasteiger partial charge in [-0.05, 0) is 50.5 Å². The summed E-state index contributed by atoms with van der Waals surface area (Å²) >= 11 is 1.33. The van der Waals surface area contributed by atoms with Gasteiger partial charge in [-0.1, -0.05) is 13.8 Å². The first kappa shape index (κ1) is 24.9. The van der Waals surface area contributed by atoms with Crippen LogP contribution in [0.1, 0.15) is 39.1 Å². The third kappa shape index (κ3) is 7.39. The Kier molecular flexibility index (Phi) is 8.69. The van der Waals surface area contributed by atoms with E-state index in [4.69, 9.17) is 0 Å². The molecule has 1 atom stereocenters. The Labute approximate surface area is 186 Å². The molecule has 31 heavy (non-hydrogen) atoms. The van der Waals surface area contributed by atoms with E-state index < -0.39 is 33.6 Å². The topological polar surface area (TPSA) is 96.4 Å². The number of amides is 2. The largest absolute Gasteiger partial charge is 0.309 e. The maximum Gasteiger partial charge on any atom is 0.246 e. The lowest BCUT2D eigenvalue weighted by Gasteiger charge is -2.31. The lowest BCUT2D eigenvalue weighted by Crippen LogP contribution is -2.48. The predicted octanol–water partition coefficient (Wildman–Crippen LogP) is 3.37. The fourth-order valence-electron chi connectivity index (χ4n) is 3.11. The first-order valence-corrected chi connectivity index (χ1v) is 12.5. The van der Waals surface area contributed by atoms with Crippen molar-refractivity contribution in [3.8, 4) is 0 Å². The van der Waals surface area contributed by atoms with Crippen molar-refractivity contribution in [2.45, 2.75) is 46.6 Å². The fourth-order valence-corrected chi connectivity index (χ4v) is 4.88. The number of aryl methyl sites for hydroxylation is 1. The molecule has 1 unspecified atom stereocenters. The molecule has 2 amide bonds. The summed E-state index contributed by atoms with van der Waals surface area (Å²) in [5, 5.41) is 2.39. The Morgan fingerprint density at radius 3 is 2.32 bits per heavy atom. The molecule has 0 saturated carbocycles. The van der Waals surface area contributed by atoms with Gasteiger partial charge in [-0.25, -0.2) is 17.8 Å². The summed E-state index contributed by atoms with van der Waals surface area (Å²) in [6, 6.07) is 5.07. The van der Waals surface area contributed by atoms with Crippen LogP contribution >= 0.6 is 11.3 Å². The quantitative estimate of drug-likeness (QED) is 0.538. The van der Waals surface area contributed by atoms with Crippen molar-refractivity contribution >= 4 is 38.9 Å². The molecular formula is C21H28FN3O4S2. The number of hydrogen-bond donors (Lipinski definition) is 1. The van der Waals surface area contributed by atoms with Crippen LogP contribution in [-0.2, 0) is 26.0 Å². The molecule has 1 aromatic heterocycles. The number of thiazole rings is 1. The van der Waals surface area contributed by atoms with Gasteiger partial charge >= 0.3 is 0 Å². The molecule has 2 aromatic rings. The van der Waals surface area contributed by atoms with Gasteiger partial charge in [0.2, 0.25) is 21.8 Å². The van der Waals surface area contributed by atoms with Crippen LogP contribution in [0.15, 0.2) is 35.8 Å². The minimum atomic E-state index is -3.94. The number of nitrogens with zero attached hydrogens (tertiary/aromatic N) is 2.